The van der Waals surface area contributed by atoms with Crippen LogP contribution < -0.4 is 5.32 Å². The molecule has 0 atom stereocenters. The molecule has 22 heavy (non-hydrogen) atoms. The minimum absolute atomic E-state index is 0.0460. The third kappa shape index (κ3) is 5.93. The molecule has 0 aliphatic rings. The zero-order valence-electron chi connectivity index (χ0n) is 12.6. The molecule has 0 radical (unpaired) electrons. The lowest BCUT2D eigenvalue weighted by atomic mass is 10.2. The zero-order valence-corrected chi connectivity index (χ0v) is 13.4. The van der Waals surface area contributed by atoms with Crippen LogP contribution in [0, 0.1) is 0 Å². The highest BCUT2D eigenvalue weighted by Crippen LogP contribution is 2.14. The average molecular weight is 320 g/mol. The first kappa shape index (κ1) is 16.6. The number of thiazole rings is 1. The highest BCUT2D eigenvalue weighted by molar-refractivity contribution is 7.09. The second-order valence-corrected chi connectivity index (χ2v) is 5.66. The van der Waals surface area contributed by atoms with Gasteiger partial charge in [0.1, 0.15) is 6.61 Å². The van der Waals surface area contributed by atoms with E-state index < -0.39 is 0 Å². The summed E-state index contributed by atoms with van der Waals surface area (Å²) in [4.78, 5) is 16.1. The molecule has 5 nitrogen and oxygen atoms in total. The molecule has 118 valence electrons. The Morgan fingerprint density at radius 1 is 1.27 bits per heavy atom. The summed E-state index contributed by atoms with van der Waals surface area (Å²) >= 11 is 1.61. The molecule has 1 N–H and O–H groups in total. The van der Waals surface area contributed by atoms with Crippen LogP contribution in [0.25, 0.3) is 0 Å². The van der Waals surface area contributed by atoms with E-state index >= 15 is 0 Å². The van der Waals surface area contributed by atoms with Crippen molar-refractivity contribution in [2.45, 2.75) is 13.0 Å². The standard InChI is InChI=1S/C16H20N2O3S/c1-20-7-8-21-11-15(19)17-10-14-12-22-16(18-14)9-13-5-3-2-4-6-13/h2-6,12H,7-11H2,1H3,(H,17,19). The van der Waals surface area contributed by atoms with Crippen LogP contribution in [0.15, 0.2) is 35.7 Å². The van der Waals surface area contributed by atoms with Crippen molar-refractivity contribution in [2.24, 2.45) is 0 Å². The Morgan fingerprint density at radius 3 is 2.86 bits per heavy atom. The van der Waals surface area contributed by atoms with E-state index in [4.69, 9.17) is 9.47 Å². The van der Waals surface area contributed by atoms with E-state index in [2.05, 4.69) is 22.4 Å². The lowest BCUT2D eigenvalue weighted by Crippen LogP contribution is -2.27. The van der Waals surface area contributed by atoms with Crippen LogP contribution in [0.2, 0.25) is 0 Å². The number of carbonyl (C=O) groups excluding carboxylic acids is 1. The van der Waals surface area contributed by atoms with Crippen LogP contribution in [0.3, 0.4) is 0 Å². The summed E-state index contributed by atoms with van der Waals surface area (Å²) in [5.74, 6) is -0.145. The van der Waals surface area contributed by atoms with E-state index in [0.29, 0.717) is 19.8 Å². The summed E-state index contributed by atoms with van der Waals surface area (Å²) in [5, 5.41) is 5.82. The van der Waals surface area contributed by atoms with Crippen molar-refractivity contribution >= 4 is 17.2 Å². The van der Waals surface area contributed by atoms with Gasteiger partial charge in [-0.05, 0) is 5.56 Å². The van der Waals surface area contributed by atoms with Gasteiger partial charge in [-0.25, -0.2) is 4.98 Å². The van der Waals surface area contributed by atoms with Gasteiger partial charge in [-0.15, -0.1) is 11.3 Å². The van der Waals surface area contributed by atoms with Crippen LogP contribution in [-0.4, -0.2) is 37.8 Å². The molecule has 6 heteroatoms. The van der Waals surface area contributed by atoms with E-state index in [0.717, 1.165) is 17.1 Å². The van der Waals surface area contributed by atoms with Gasteiger partial charge in [0.2, 0.25) is 5.91 Å². The Bertz CT molecular complexity index is 572. The van der Waals surface area contributed by atoms with Crippen molar-refractivity contribution < 1.29 is 14.3 Å². The van der Waals surface area contributed by atoms with Gasteiger partial charge in [0.25, 0.3) is 0 Å². The molecule has 0 saturated carbocycles. The molecule has 2 aromatic rings. The second-order valence-electron chi connectivity index (χ2n) is 4.72. The number of rotatable bonds is 9. The summed E-state index contributed by atoms with van der Waals surface area (Å²) in [6.45, 7) is 1.38. The van der Waals surface area contributed by atoms with Gasteiger partial charge in [-0.1, -0.05) is 30.3 Å². The molecule has 1 heterocycles. The van der Waals surface area contributed by atoms with Gasteiger partial charge < -0.3 is 14.8 Å². The van der Waals surface area contributed by atoms with Gasteiger partial charge >= 0.3 is 0 Å². The predicted octanol–water partition coefficient (Wildman–Crippen LogP) is 2.01. The number of hydrogen-bond acceptors (Lipinski definition) is 5. The van der Waals surface area contributed by atoms with Gasteiger partial charge in [-0.3, -0.25) is 4.79 Å². The number of amides is 1. The third-order valence-electron chi connectivity index (χ3n) is 2.93. The topological polar surface area (TPSA) is 60.5 Å². The lowest BCUT2D eigenvalue weighted by Gasteiger charge is -2.04. The smallest absolute Gasteiger partial charge is 0.246 e. The fourth-order valence-corrected chi connectivity index (χ4v) is 2.66. The molecule has 0 fully saturated rings. The van der Waals surface area contributed by atoms with Crippen molar-refractivity contribution in [3.63, 3.8) is 0 Å². The highest BCUT2D eigenvalue weighted by atomic mass is 32.1. The number of ether oxygens (including phenoxy) is 2. The lowest BCUT2D eigenvalue weighted by molar-refractivity contribution is -0.126. The van der Waals surface area contributed by atoms with Crippen LogP contribution in [0.5, 0.6) is 0 Å². The quantitative estimate of drug-likeness (QED) is 0.718. The SMILES string of the molecule is COCCOCC(=O)NCc1csc(Cc2ccccc2)n1. The largest absolute Gasteiger partial charge is 0.382 e. The molecule has 1 aromatic heterocycles. The van der Waals surface area contributed by atoms with E-state index in [-0.39, 0.29) is 12.5 Å². The number of carbonyl (C=O) groups is 1. The van der Waals surface area contributed by atoms with Gasteiger partial charge in [0.15, 0.2) is 0 Å². The Labute approximate surface area is 134 Å². The zero-order chi connectivity index (χ0) is 15.6. The number of nitrogens with one attached hydrogen (secondary N) is 1. The average Bonchev–Trinajstić information content (AvgIpc) is 2.98. The molecule has 0 spiro atoms. The molecular formula is C16H20N2O3S. The summed E-state index contributed by atoms with van der Waals surface area (Å²) in [5.41, 5.74) is 2.11. The molecule has 0 saturated heterocycles. The molecule has 0 aliphatic carbocycles. The fraction of sp³-hybridized carbons (Fsp3) is 0.375. The summed E-state index contributed by atoms with van der Waals surface area (Å²) in [6.07, 6.45) is 0.819. The van der Waals surface area contributed by atoms with Crippen molar-refractivity contribution in [3.8, 4) is 0 Å². The molecule has 1 amide bonds. The normalized spacial score (nSPS) is 10.6. The number of benzene rings is 1. The summed E-state index contributed by atoms with van der Waals surface area (Å²) < 4.78 is 9.99. The maximum atomic E-state index is 11.6. The summed E-state index contributed by atoms with van der Waals surface area (Å²) in [6, 6.07) is 10.2. The van der Waals surface area contributed by atoms with E-state index in [1.54, 1.807) is 18.4 Å². The number of methoxy groups -OCH3 is 1. The van der Waals surface area contributed by atoms with Crippen LogP contribution in [0.1, 0.15) is 16.3 Å². The molecular weight excluding hydrogens is 300 g/mol. The highest BCUT2D eigenvalue weighted by Gasteiger charge is 2.06. The molecule has 1 aromatic carbocycles. The van der Waals surface area contributed by atoms with Gasteiger partial charge in [-0.2, -0.15) is 0 Å². The maximum absolute atomic E-state index is 11.6. The Balaban J connectivity index is 1.72. The van der Waals surface area contributed by atoms with Crippen molar-refractivity contribution in [1.29, 1.82) is 0 Å². The summed E-state index contributed by atoms with van der Waals surface area (Å²) in [7, 11) is 1.60. The van der Waals surface area contributed by atoms with E-state index in [1.165, 1.54) is 5.56 Å². The predicted molar refractivity (Wildman–Crippen MR) is 85.9 cm³/mol. The van der Waals surface area contributed by atoms with E-state index in [1.807, 2.05) is 23.6 Å². The van der Waals surface area contributed by atoms with Crippen LogP contribution >= 0.6 is 11.3 Å². The Kier molecular flexibility index (Phi) is 7.02. The van der Waals surface area contributed by atoms with Gasteiger partial charge in [0.05, 0.1) is 30.5 Å². The minimum atomic E-state index is -0.145. The molecule has 0 unspecified atom stereocenters. The molecule has 0 aliphatic heterocycles. The van der Waals surface area contributed by atoms with Gasteiger partial charge in [0, 0.05) is 18.9 Å². The Hall–Kier alpha value is -1.76. The van der Waals surface area contributed by atoms with Crippen molar-refractivity contribution in [1.82, 2.24) is 10.3 Å². The molecule has 2 rings (SSSR count). The van der Waals surface area contributed by atoms with Crippen LogP contribution in [-0.2, 0) is 27.2 Å². The first-order chi connectivity index (χ1) is 10.8. The first-order valence-electron chi connectivity index (χ1n) is 7.08. The Morgan fingerprint density at radius 2 is 2.09 bits per heavy atom. The van der Waals surface area contributed by atoms with Crippen molar-refractivity contribution in [3.05, 3.63) is 52.0 Å². The van der Waals surface area contributed by atoms with Crippen LogP contribution in [0.4, 0.5) is 0 Å². The number of hydrogen-bond donors (Lipinski definition) is 1. The minimum Gasteiger partial charge on any atom is -0.382 e. The monoisotopic (exact) mass is 320 g/mol. The van der Waals surface area contributed by atoms with Crippen molar-refractivity contribution in [2.75, 3.05) is 26.9 Å². The maximum Gasteiger partial charge on any atom is 0.246 e. The molecule has 0 bridgehead atoms. The number of aromatic nitrogens is 1. The number of nitrogens with zero attached hydrogens (tertiary/aromatic N) is 1. The fourth-order valence-electron chi connectivity index (χ4n) is 1.83. The second kappa shape index (κ2) is 9.30. The van der Waals surface area contributed by atoms with E-state index in [9.17, 15) is 4.79 Å². The third-order valence-corrected chi connectivity index (χ3v) is 3.83. The first-order valence-corrected chi connectivity index (χ1v) is 7.96.